The van der Waals surface area contributed by atoms with Crippen molar-refractivity contribution in [2.45, 2.75) is 12.8 Å². The van der Waals surface area contributed by atoms with Crippen molar-refractivity contribution in [2.24, 2.45) is 0 Å². The largest absolute Gasteiger partial charge is 0.388 e. The predicted molar refractivity (Wildman–Crippen MR) is 33.3 cm³/mol. The fourth-order valence-corrected chi connectivity index (χ4v) is 1.50. The molecule has 0 saturated carbocycles. The second-order valence-corrected chi connectivity index (χ2v) is 3.74. The molecular weight excluding hydrogens is 159 g/mol. The number of halogens is 1. The first-order chi connectivity index (χ1) is 4.60. The van der Waals surface area contributed by atoms with E-state index in [2.05, 4.69) is 4.18 Å². The molecular formula is C5H7FO3S. The SMILES string of the molecule is O=S1(=O)CCCC(F)=CO1. The van der Waals surface area contributed by atoms with Crippen LogP contribution >= 0.6 is 0 Å². The summed E-state index contributed by atoms with van der Waals surface area (Å²) < 4.78 is 37.6. The van der Waals surface area contributed by atoms with Gasteiger partial charge in [0.1, 0.15) is 12.1 Å². The van der Waals surface area contributed by atoms with Crippen LogP contribution in [0.3, 0.4) is 0 Å². The molecule has 0 amide bonds. The molecule has 0 unspecified atom stereocenters. The van der Waals surface area contributed by atoms with Gasteiger partial charge >= 0.3 is 10.1 Å². The maximum atomic E-state index is 12.3. The van der Waals surface area contributed by atoms with Gasteiger partial charge in [0.15, 0.2) is 0 Å². The van der Waals surface area contributed by atoms with Gasteiger partial charge in [-0.3, -0.25) is 0 Å². The van der Waals surface area contributed by atoms with E-state index in [4.69, 9.17) is 0 Å². The molecule has 0 spiro atoms. The fourth-order valence-electron chi connectivity index (χ4n) is 0.650. The lowest BCUT2D eigenvalue weighted by molar-refractivity contribution is 0.431. The zero-order valence-electron chi connectivity index (χ0n) is 5.21. The maximum Gasteiger partial charge on any atom is 0.308 e. The molecule has 1 heterocycles. The second-order valence-electron chi connectivity index (χ2n) is 2.03. The lowest BCUT2D eigenvalue weighted by Gasteiger charge is -1.95. The van der Waals surface area contributed by atoms with Crippen LogP contribution < -0.4 is 0 Å². The monoisotopic (exact) mass is 166 g/mol. The smallest absolute Gasteiger partial charge is 0.308 e. The molecule has 58 valence electrons. The summed E-state index contributed by atoms with van der Waals surface area (Å²) in [5.41, 5.74) is 0. The molecule has 5 heteroatoms. The first kappa shape index (κ1) is 7.53. The van der Waals surface area contributed by atoms with E-state index in [0.717, 1.165) is 0 Å². The summed E-state index contributed by atoms with van der Waals surface area (Å²) >= 11 is 0. The first-order valence-electron chi connectivity index (χ1n) is 2.86. The molecule has 0 radical (unpaired) electrons. The first-order valence-corrected chi connectivity index (χ1v) is 4.43. The van der Waals surface area contributed by atoms with E-state index in [1.807, 2.05) is 0 Å². The minimum Gasteiger partial charge on any atom is -0.388 e. The molecule has 0 aromatic heterocycles. The Labute approximate surface area is 58.6 Å². The molecule has 0 aromatic rings. The zero-order chi connectivity index (χ0) is 7.61. The van der Waals surface area contributed by atoms with Crippen LogP contribution in [-0.2, 0) is 14.3 Å². The van der Waals surface area contributed by atoms with Gasteiger partial charge in [0, 0.05) is 6.42 Å². The van der Waals surface area contributed by atoms with E-state index in [0.29, 0.717) is 12.7 Å². The van der Waals surface area contributed by atoms with Gasteiger partial charge in [0.25, 0.3) is 0 Å². The molecule has 10 heavy (non-hydrogen) atoms. The van der Waals surface area contributed by atoms with Crippen molar-refractivity contribution >= 4 is 10.1 Å². The van der Waals surface area contributed by atoms with Gasteiger partial charge in [-0.25, -0.2) is 4.39 Å². The molecule has 0 aromatic carbocycles. The Hall–Kier alpha value is -0.580. The minimum absolute atomic E-state index is 0.100. The van der Waals surface area contributed by atoms with Crippen molar-refractivity contribution in [3.05, 3.63) is 12.1 Å². The van der Waals surface area contributed by atoms with Crippen LogP contribution in [0.1, 0.15) is 12.8 Å². The van der Waals surface area contributed by atoms with Crippen LogP contribution in [0.4, 0.5) is 4.39 Å². The molecule has 1 aliphatic heterocycles. The highest BCUT2D eigenvalue weighted by Gasteiger charge is 2.14. The van der Waals surface area contributed by atoms with E-state index < -0.39 is 15.9 Å². The topological polar surface area (TPSA) is 43.4 Å². The van der Waals surface area contributed by atoms with Crippen LogP contribution in [0.2, 0.25) is 0 Å². The predicted octanol–water partition coefficient (Wildman–Crippen LogP) is 0.938. The molecule has 1 aliphatic rings. The second kappa shape index (κ2) is 2.57. The fraction of sp³-hybridized carbons (Fsp3) is 0.600. The lowest BCUT2D eigenvalue weighted by Crippen LogP contribution is -2.04. The summed E-state index contributed by atoms with van der Waals surface area (Å²) in [4.78, 5) is 0. The molecule has 0 saturated heterocycles. The third-order valence-corrected chi connectivity index (χ3v) is 2.31. The van der Waals surface area contributed by atoms with E-state index in [9.17, 15) is 12.8 Å². The minimum atomic E-state index is -3.47. The van der Waals surface area contributed by atoms with Crippen LogP contribution in [0, 0.1) is 0 Å². The van der Waals surface area contributed by atoms with Crippen LogP contribution in [-0.4, -0.2) is 14.2 Å². The lowest BCUT2D eigenvalue weighted by atomic mass is 10.3. The van der Waals surface area contributed by atoms with Gasteiger partial charge in [-0.05, 0) is 6.42 Å². The van der Waals surface area contributed by atoms with Crippen molar-refractivity contribution in [1.82, 2.24) is 0 Å². The Kier molecular flexibility index (Phi) is 1.94. The number of hydrogen-bond donors (Lipinski definition) is 0. The number of allylic oxidation sites excluding steroid dienone is 1. The van der Waals surface area contributed by atoms with E-state index in [1.165, 1.54) is 0 Å². The molecule has 0 N–H and O–H groups in total. The van der Waals surface area contributed by atoms with E-state index >= 15 is 0 Å². The van der Waals surface area contributed by atoms with Gasteiger partial charge < -0.3 is 4.18 Å². The van der Waals surface area contributed by atoms with E-state index in [-0.39, 0.29) is 12.2 Å². The number of rotatable bonds is 0. The van der Waals surface area contributed by atoms with Crippen molar-refractivity contribution in [2.75, 3.05) is 5.75 Å². The summed E-state index contributed by atoms with van der Waals surface area (Å²) in [6.07, 6.45) is 1.10. The summed E-state index contributed by atoms with van der Waals surface area (Å²) in [6, 6.07) is 0. The highest BCUT2D eigenvalue weighted by atomic mass is 32.2. The summed E-state index contributed by atoms with van der Waals surface area (Å²) in [5, 5.41) is 0. The molecule has 3 nitrogen and oxygen atoms in total. The van der Waals surface area contributed by atoms with Crippen molar-refractivity contribution in [1.29, 1.82) is 0 Å². The van der Waals surface area contributed by atoms with Crippen LogP contribution in [0.5, 0.6) is 0 Å². The van der Waals surface area contributed by atoms with E-state index in [1.54, 1.807) is 0 Å². The molecule has 1 rings (SSSR count). The maximum absolute atomic E-state index is 12.3. The zero-order valence-corrected chi connectivity index (χ0v) is 6.03. The third-order valence-electron chi connectivity index (χ3n) is 1.13. The van der Waals surface area contributed by atoms with Gasteiger partial charge in [0.05, 0.1) is 5.75 Å². The average Bonchev–Trinajstić information content (AvgIpc) is 1.94. The molecule has 0 aliphatic carbocycles. The van der Waals surface area contributed by atoms with Gasteiger partial charge in [-0.2, -0.15) is 8.42 Å². The molecule has 0 atom stereocenters. The average molecular weight is 166 g/mol. The number of hydrogen-bond acceptors (Lipinski definition) is 3. The summed E-state index contributed by atoms with van der Waals surface area (Å²) in [7, 11) is -3.47. The summed E-state index contributed by atoms with van der Waals surface area (Å²) in [6.45, 7) is 0. The van der Waals surface area contributed by atoms with Crippen molar-refractivity contribution in [3.63, 3.8) is 0 Å². The Morgan fingerprint density at radius 1 is 1.60 bits per heavy atom. The van der Waals surface area contributed by atoms with Crippen molar-refractivity contribution < 1.29 is 17.0 Å². The molecule has 0 bridgehead atoms. The van der Waals surface area contributed by atoms with Crippen molar-refractivity contribution in [3.8, 4) is 0 Å². The van der Waals surface area contributed by atoms with Crippen LogP contribution in [0.15, 0.2) is 12.1 Å². The quantitative estimate of drug-likeness (QED) is 0.503. The Balaban J connectivity index is 2.76. The Morgan fingerprint density at radius 3 is 3.00 bits per heavy atom. The Morgan fingerprint density at radius 2 is 2.30 bits per heavy atom. The highest BCUT2D eigenvalue weighted by Crippen LogP contribution is 2.14. The normalized spacial score (nSPS) is 24.3. The van der Waals surface area contributed by atoms with Gasteiger partial charge in [0.2, 0.25) is 0 Å². The highest BCUT2D eigenvalue weighted by molar-refractivity contribution is 7.86. The Bertz CT molecular complexity index is 242. The molecule has 0 fully saturated rings. The summed E-state index contributed by atoms with van der Waals surface area (Å²) in [5.74, 6) is -0.613. The third kappa shape index (κ3) is 1.98. The van der Waals surface area contributed by atoms with Gasteiger partial charge in [-0.1, -0.05) is 0 Å². The standard InChI is InChI=1S/C5H7FO3S/c6-5-2-1-3-10(7,8)9-4-5/h4H,1-3H2. The van der Waals surface area contributed by atoms with Crippen LogP contribution in [0.25, 0.3) is 0 Å². The van der Waals surface area contributed by atoms with Gasteiger partial charge in [-0.15, -0.1) is 0 Å².